The molecule has 4 nitrogen and oxygen atoms in total. The van der Waals surface area contributed by atoms with Crippen LogP contribution in [0, 0.1) is 5.82 Å². The zero-order chi connectivity index (χ0) is 20.1. The minimum Gasteiger partial charge on any atom is -0.456 e. The molecule has 2 aliphatic rings. The second kappa shape index (κ2) is 6.47. The first-order chi connectivity index (χ1) is 13.3. The number of anilines is 1. The fourth-order valence-electron chi connectivity index (χ4n) is 3.58. The van der Waals surface area contributed by atoms with Crippen LogP contribution in [0.1, 0.15) is 23.5 Å². The van der Waals surface area contributed by atoms with Crippen LogP contribution in [-0.4, -0.2) is 18.5 Å². The van der Waals surface area contributed by atoms with Crippen molar-refractivity contribution in [3.63, 3.8) is 0 Å². The molecule has 0 saturated carbocycles. The summed E-state index contributed by atoms with van der Waals surface area (Å²) in [7, 11) is 0. The molecule has 0 bridgehead atoms. The maximum absolute atomic E-state index is 14.3. The molecule has 0 aromatic heterocycles. The highest BCUT2D eigenvalue weighted by molar-refractivity contribution is 6.06. The number of nitrogens with zero attached hydrogens (tertiary/aromatic N) is 1. The maximum atomic E-state index is 14.3. The zero-order valence-corrected chi connectivity index (χ0v) is 14.3. The van der Waals surface area contributed by atoms with E-state index >= 15 is 0 Å². The van der Waals surface area contributed by atoms with E-state index in [4.69, 9.17) is 4.74 Å². The third-order valence-electron chi connectivity index (χ3n) is 4.85. The number of hydrogen-bond donors (Lipinski definition) is 0. The van der Waals surface area contributed by atoms with Crippen LogP contribution in [0.25, 0.3) is 0 Å². The second-order valence-corrected chi connectivity index (χ2v) is 6.49. The highest BCUT2D eigenvalue weighted by Crippen LogP contribution is 2.42. The molecule has 0 spiro atoms. The van der Waals surface area contributed by atoms with Crippen molar-refractivity contribution in [3.05, 3.63) is 76.7 Å². The Balaban J connectivity index is 1.79. The molecular weight excluding hydrogens is 378 g/mol. The lowest BCUT2D eigenvalue weighted by Crippen LogP contribution is -2.37. The lowest BCUT2D eigenvalue weighted by Gasteiger charge is -2.32. The van der Waals surface area contributed by atoms with Crippen molar-refractivity contribution in [2.24, 2.45) is 0 Å². The van der Waals surface area contributed by atoms with Gasteiger partial charge in [-0.25, -0.2) is 9.18 Å². The molecule has 8 heteroatoms. The van der Waals surface area contributed by atoms with E-state index in [0.717, 1.165) is 24.3 Å². The normalized spacial score (nSPS) is 19.7. The first kappa shape index (κ1) is 18.2. The molecule has 0 aliphatic carbocycles. The molecule has 0 saturated heterocycles. The number of cyclic esters (lactones) is 1. The van der Waals surface area contributed by atoms with Crippen LogP contribution in [0.15, 0.2) is 59.8 Å². The maximum Gasteiger partial charge on any atom is 0.416 e. The molecule has 2 heterocycles. The number of alkyl halides is 3. The van der Waals surface area contributed by atoms with Gasteiger partial charge in [-0.05, 0) is 35.9 Å². The second-order valence-electron chi connectivity index (χ2n) is 6.49. The van der Waals surface area contributed by atoms with Crippen molar-refractivity contribution in [1.82, 2.24) is 0 Å². The fraction of sp³-hybridized carbons (Fsp3) is 0.200. The molecule has 0 fully saturated rings. The molecule has 1 atom stereocenters. The molecular formula is C20H13F4NO3. The number of amides is 1. The molecule has 144 valence electrons. The molecule has 2 aromatic carbocycles. The third-order valence-corrected chi connectivity index (χ3v) is 4.85. The Morgan fingerprint density at radius 2 is 1.68 bits per heavy atom. The van der Waals surface area contributed by atoms with Gasteiger partial charge in [-0.3, -0.25) is 9.69 Å². The summed E-state index contributed by atoms with van der Waals surface area (Å²) in [6.07, 6.45) is -4.70. The van der Waals surface area contributed by atoms with E-state index < -0.39 is 35.4 Å². The molecule has 2 aromatic rings. The number of halogens is 4. The molecule has 28 heavy (non-hydrogen) atoms. The van der Waals surface area contributed by atoms with Crippen LogP contribution < -0.4 is 4.90 Å². The van der Waals surface area contributed by atoms with Crippen molar-refractivity contribution < 1.29 is 31.9 Å². The van der Waals surface area contributed by atoms with Crippen LogP contribution in [0.4, 0.5) is 23.2 Å². The summed E-state index contributed by atoms with van der Waals surface area (Å²) >= 11 is 0. The number of carbonyl (C=O) groups excluding carboxylic acids is 2. The Hall–Kier alpha value is -3.16. The van der Waals surface area contributed by atoms with Gasteiger partial charge in [0, 0.05) is 18.0 Å². The number of hydrogen-bond acceptors (Lipinski definition) is 3. The van der Waals surface area contributed by atoms with E-state index in [9.17, 15) is 27.2 Å². The summed E-state index contributed by atoms with van der Waals surface area (Å²) in [5.41, 5.74) is -0.0678. The largest absolute Gasteiger partial charge is 0.456 e. The highest BCUT2D eigenvalue weighted by Gasteiger charge is 2.43. The van der Waals surface area contributed by atoms with Gasteiger partial charge in [0.05, 0.1) is 16.8 Å². The van der Waals surface area contributed by atoms with Gasteiger partial charge in [-0.1, -0.05) is 18.2 Å². The molecule has 0 N–H and O–H groups in total. The number of esters is 1. The molecule has 0 radical (unpaired) electrons. The summed E-state index contributed by atoms with van der Waals surface area (Å²) in [5.74, 6) is -2.46. The average molecular weight is 391 g/mol. The minimum absolute atomic E-state index is 0.157. The first-order valence-corrected chi connectivity index (χ1v) is 8.42. The summed E-state index contributed by atoms with van der Waals surface area (Å²) in [4.78, 5) is 26.3. The molecule has 2 aliphatic heterocycles. The predicted octanol–water partition coefficient (Wildman–Crippen LogP) is 4.18. The van der Waals surface area contributed by atoms with Crippen LogP contribution in [0.5, 0.6) is 0 Å². The number of benzene rings is 2. The van der Waals surface area contributed by atoms with Gasteiger partial charge in [-0.15, -0.1) is 0 Å². The van der Waals surface area contributed by atoms with Crippen molar-refractivity contribution in [2.75, 3.05) is 11.5 Å². The minimum atomic E-state index is -4.50. The highest BCUT2D eigenvalue weighted by atomic mass is 19.4. The quantitative estimate of drug-likeness (QED) is 0.570. The first-order valence-electron chi connectivity index (χ1n) is 8.42. The van der Waals surface area contributed by atoms with Crippen molar-refractivity contribution >= 4 is 17.6 Å². The van der Waals surface area contributed by atoms with E-state index in [1.54, 1.807) is 6.07 Å². The third kappa shape index (κ3) is 2.94. The average Bonchev–Trinajstić information content (AvgIpc) is 3.02. The molecule has 4 rings (SSSR count). The van der Waals surface area contributed by atoms with Crippen LogP contribution >= 0.6 is 0 Å². The van der Waals surface area contributed by atoms with Gasteiger partial charge in [-0.2, -0.15) is 13.2 Å². The fourth-order valence-corrected chi connectivity index (χ4v) is 3.58. The van der Waals surface area contributed by atoms with Crippen LogP contribution in [-0.2, 0) is 20.5 Å². The van der Waals surface area contributed by atoms with Crippen LogP contribution in [0.3, 0.4) is 0 Å². The van der Waals surface area contributed by atoms with Gasteiger partial charge >= 0.3 is 12.1 Å². The number of carbonyl (C=O) groups is 2. The summed E-state index contributed by atoms with van der Waals surface area (Å²) < 4.78 is 57.7. The molecule has 1 amide bonds. The number of rotatable bonds is 2. The molecule has 1 unspecified atom stereocenters. The summed E-state index contributed by atoms with van der Waals surface area (Å²) in [6.45, 7) is -0.202. The SMILES string of the molecule is O=C1OCC2=C1C(c1ccccc1F)CC(=O)N2c1ccc(C(F)(F)F)cc1. The van der Waals surface area contributed by atoms with Gasteiger partial charge in [0.1, 0.15) is 12.4 Å². The number of ether oxygens (including phenoxy) is 1. The summed E-state index contributed by atoms with van der Waals surface area (Å²) in [6, 6.07) is 9.90. The van der Waals surface area contributed by atoms with E-state index in [2.05, 4.69) is 0 Å². The van der Waals surface area contributed by atoms with E-state index in [1.165, 1.54) is 23.1 Å². The van der Waals surface area contributed by atoms with Gasteiger partial charge in [0.15, 0.2) is 0 Å². The Morgan fingerprint density at radius 3 is 2.32 bits per heavy atom. The zero-order valence-electron chi connectivity index (χ0n) is 14.3. The van der Waals surface area contributed by atoms with Crippen molar-refractivity contribution in [2.45, 2.75) is 18.5 Å². The van der Waals surface area contributed by atoms with Gasteiger partial charge in [0.2, 0.25) is 5.91 Å². The Bertz CT molecular complexity index is 995. The standard InChI is InChI=1S/C20H13F4NO3/c21-15-4-2-1-3-13(15)14-9-17(26)25(16-10-28-19(27)18(14)16)12-7-5-11(6-8-12)20(22,23)24/h1-8,14H,9-10H2. The Kier molecular flexibility index (Phi) is 4.21. The smallest absolute Gasteiger partial charge is 0.416 e. The Morgan fingerprint density at radius 1 is 1.00 bits per heavy atom. The lowest BCUT2D eigenvalue weighted by molar-refractivity contribution is -0.138. The van der Waals surface area contributed by atoms with E-state index in [1.807, 2.05) is 0 Å². The summed E-state index contributed by atoms with van der Waals surface area (Å²) in [5, 5.41) is 0. The van der Waals surface area contributed by atoms with Gasteiger partial charge < -0.3 is 4.74 Å². The van der Waals surface area contributed by atoms with Crippen molar-refractivity contribution in [3.8, 4) is 0 Å². The predicted molar refractivity (Wildman–Crippen MR) is 90.7 cm³/mol. The van der Waals surface area contributed by atoms with E-state index in [-0.39, 0.29) is 35.5 Å². The topological polar surface area (TPSA) is 46.6 Å². The van der Waals surface area contributed by atoms with Crippen molar-refractivity contribution in [1.29, 1.82) is 0 Å². The van der Waals surface area contributed by atoms with E-state index in [0.29, 0.717) is 0 Å². The monoisotopic (exact) mass is 391 g/mol. The Labute approximate surface area is 157 Å². The van der Waals surface area contributed by atoms with Gasteiger partial charge in [0.25, 0.3) is 0 Å². The lowest BCUT2D eigenvalue weighted by atomic mass is 9.84. The van der Waals surface area contributed by atoms with Crippen LogP contribution in [0.2, 0.25) is 0 Å².